The predicted octanol–water partition coefficient (Wildman–Crippen LogP) is 2.98. The Morgan fingerprint density at radius 2 is 1.66 bits per heavy atom. The Kier molecular flexibility index (Phi) is 5.58. The number of nitro benzene ring substituents is 2. The average molecular weight is 397 g/mol. The number of carbonyl (C=O) groups is 2. The van der Waals surface area contributed by atoms with Crippen molar-refractivity contribution in [3.63, 3.8) is 0 Å². The molecule has 1 aliphatic heterocycles. The summed E-state index contributed by atoms with van der Waals surface area (Å²) >= 11 is 0. The highest BCUT2D eigenvalue weighted by molar-refractivity contribution is 6.21. The van der Waals surface area contributed by atoms with Crippen molar-refractivity contribution >= 4 is 35.1 Å². The van der Waals surface area contributed by atoms with E-state index in [1.165, 1.54) is 17.2 Å². The molecule has 0 fully saturated rings. The molecule has 0 spiro atoms. The first-order chi connectivity index (χ1) is 13.9. The molecule has 0 saturated carbocycles. The number of nitrogens with one attached hydrogen (secondary N) is 1. The number of hydrogen-bond donors (Lipinski definition) is 1. The number of unbranched alkanes of at least 4 members (excludes halogenated alkanes) is 1. The predicted molar refractivity (Wildman–Crippen MR) is 103 cm³/mol. The number of carbonyl (C=O) groups excluding carboxylic acids is 2. The molecule has 29 heavy (non-hydrogen) atoms. The fourth-order valence-corrected chi connectivity index (χ4v) is 2.84. The molecular weight excluding hydrogens is 382 g/mol. The largest absolute Gasteiger partial charge is 0.301 e. The summed E-state index contributed by atoms with van der Waals surface area (Å²) in [6.07, 6.45) is 2.31. The van der Waals surface area contributed by atoms with Crippen LogP contribution in [0.2, 0.25) is 0 Å². The number of nitrogens with zero attached hydrogens (tertiary/aromatic N) is 4. The van der Waals surface area contributed by atoms with Crippen LogP contribution in [0.4, 0.5) is 17.1 Å². The van der Waals surface area contributed by atoms with Crippen molar-refractivity contribution < 1.29 is 19.4 Å². The van der Waals surface area contributed by atoms with Gasteiger partial charge in [0.2, 0.25) is 0 Å². The zero-order valence-corrected chi connectivity index (χ0v) is 15.0. The Balaban J connectivity index is 1.53. The first kappa shape index (κ1) is 19.6. The van der Waals surface area contributed by atoms with Crippen LogP contribution in [-0.2, 0) is 0 Å². The van der Waals surface area contributed by atoms with E-state index < -0.39 is 21.2 Å². The molecule has 0 bridgehead atoms. The van der Waals surface area contributed by atoms with Crippen LogP contribution >= 0.6 is 0 Å². The van der Waals surface area contributed by atoms with Gasteiger partial charge in [0.15, 0.2) is 0 Å². The number of nitro groups is 2. The number of rotatable bonds is 8. The van der Waals surface area contributed by atoms with Crippen LogP contribution in [0.5, 0.6) is 0 Å². The molecule has 3 rings (SSSR count). The summed E-state index contributed by atoms with van der Waals surface area (Å²) in [5, 5.41) is 25.6. The zero-order chi connectivity index (χ0) is 21.0. The zero-order valence-electron chi connectivity index (χ0n) is 15.0. The van der Waals surface area contributed by atoms with E-state index in [1.807, 2.05) is 0 Å². The van der Waals surface area contributed by atoms with E-state index in [2.05, 4.69) is 10.5 Å². The Labute approximate surface area is 163 Å². The summed E-state index contributed by atoms with van der Waals surface area (Å²) in [6.45, 7) is 0.218. The highest BCUT2D eigenvalue weighted by Crippen LogP contribution is 2.28. The molecule has 1 aliphatic rings. The van der Waals surface area contributed by atoms with Gasteiger partial charge in [-0.05, 0) is 31.0 Å². The molecule has 1 heterocycles. The van der Waals surface area contributed by atoms with Gasteiger partial charge in [0.25, 0.3) is 17.5 Å². The fourth-order valence-electron chi connectivity index (χ4n) is 2.84. The van der Waals surface area contributed by atoms with Crippen molar-refractivity contribution in [2.45, 2.75) is 12.8 Å². The topological polar surface area (TPSA) is 148 Å². The van der Waals surface area contributed by atoms with E-state index >= 15 is 0 Å². The molecule has 0 aromatic heterocycles. The van der Waals surface area contributed by atoms with Crippen LogP contribution in [0.15, 0.2) is 47.6 Å². The summed E-state index contributed by atoms with van der Waals surface area (Å²) in [7, 11) is 0. The minimum Gasteiger partial charge on any atom is -0.274 e. The van der Waals surface area contributed by atoms with Crippen LogP contribution in [0.3, 0.4) is 0 Å². The van der Waals surface area contributed by atoms with E-state index in [4.69, 9.17) is 0 Å². The minimum absolute atomic E-state index is 0.0113. The molecule has 2 aromatic carbocycles. The lowest BCUT2D eigenvalue weighted by Crippen LogP contribution is -2.30. The average Bonchev–Trinajstić information content (AvgIpc) is 2.95. The number of fused-ring (bicyclic) bond motifs is 1. The van der Waals surface area contributed by atoms with Gasteiger partial charge in [-0.2, -0.15) is 5.10 Å². The third kappa shape index (κ3) is 4.08. The summed E-state index contributed by atoms with van der Waals surface area (Å²) in [5.74, 6) is -0.663. The van der Waals surface area contributed by atoms with Gasteiger partial charge in [-0.1, -0.05) is 12.1 Å². The molecule has 11 heteroatoms. The third-order valence-electron chi connectivity index (χ3n) is 4.26. The van der Waals surface area contributed by atoms with Crippen LogP contribution in [0.25, 0.3) is 0 Å². The summed E-state index contributed by atoms with van der Waals surface area (Å²) < 4.78 is 0. The Bertz CT molecular complexity index is 1000. The molecule has 2 amide bonds. The second-order valence-electron chi connectivity index (χ2n) is 6.09. The number of imide groups is 1. The Hall–Kier alpha value is -4.15. The van der Waals surface area contributed by atoms with Gasteiger partial charge < -0.3 is 0 Å². The second-order valence-corrected chi connectivity index (χ2v) is 6.09. The lowest BCUT2D eigenvalue weighted by molar-refractivity contribution is -0.393. The van der Waals surface area contributed by atoms with Crippen molar-refractivity contribution in [3.05, 3.63) is 73.8 Å². The SMILES string of the molecule is O=C1c2ccccc2C(=O)N1CCCC=NNc1ccc([N+](=O)[O-])cc1[N+](=O)[O-]. The molecule has 0 aliphatic carbocycles. The van der Waals surface area contributed by atoms with Crippen molar-refractivity contribution in [1.82, 2.24) is 4.90 Å². The monoisotopic (exact) mass is 397 g/mol. The number of non-ortho nitro benzene ring substituents is 1. The Morgan fingerprint density at radius 3 is 2.24 bits per heavy atom. The quantitative estimate of drug-likeness (QED) is 0.237. The highest BCUT2D eigenvalue weighted by Gasteiger charge is 2.34. The van der Waals surface area contributed by atoms with Gasteiger partial charge in [-0.25, -0.2) is 0 Å². The maximum Gasteiger partial charge on any atom is 0.301 e. The molecule has 1 N–H and O–H groups in total. The van der Waals surface area contributed by atoms with E-state index in [-0.39, 0.29) is 24.0 Å². The molecule has 148 valence electrons. The lowest BCUT2D eigenvalue weighted by Gasteiger charge is -2.12. The molecule has 0 atom stereocenters. The number of hydrazone groups is 1. The standard InChI is InChI=1S/C18H15N5O6/c24-17-13-5-1-2-6-14(13)18(25)21(17)10-4-3-9-19-20-15-8-7-12(22(26)27)11-16(15)23(28)29/h1-2,5-9,11,20H,3-4,10H2. The highest BCUT2D eigenvalue weighted by atomic mass is 16.6. The van der Waals surface area contributed by atoms with Crippen molar-refractivity contribution in [3.8, 4) is 0 Å². The van der Waals surface area contributed by atoms with E-state index in [1.54, 1.807) is 24.3 Å². The van der Waals surface area contributed by atoms with Crippen molar-refractivity contribution in [2.24, 2.45) is 5.10 Å². The first-order valence-corrected chi connectivity index (χ1v) is 8.55. The maximum atomic E-state index is 12.2. The maximum absolute atomic E-state index is 12.2. The second kappa shape index (κ2) is 8.25. The molecule has 0 unspecified atom stereocenters. The normalized spacial score (nSPS) is 13.0. The van der Waals surface area contributed by atoms with E-state index in [9.17, 15) is 29.8 Å². The van der Waals surface area contributed by atoms with Crippen molar-refractivity contribution in [2.75, 3.05) is 12.0 Å². The third-order valence-corrected chi connectivity index (χ3v) is 4.26. The summed E-state index contributed by atoms with van der Waals surface area (Å²) in [6, 6.07) is 9.79. The van der Waals surface area contributed by atoms with Gasteiger partial charge in [-0.3, -0.25) is 40.1 Å². The summed E-state index contributed by atoms with van der Waals surface area (Å²) in [5.41, 5.74) is 2.40. The van der Waals surface area contributed by atoms with Gasteiger partial charge in [0.1, 0.15) is 5.69 Å². The molecular formula is C18H15N5O6. The molecule has 11 nitrogen and oxygen atoms in total. The van der Waals surface area contributed by atoms with Gasteiger partial charge in [0, 0.05) is 18.8 Å². The van der Waals surface area contributed by atoms with E-state index in [0.29, 0.717) is 24.0 Å². The smallest absolute Gasteiger partial charge is 0.274 e. The number of benzene rings is 2. The van der Waals surface area contributed by atoms with Crippen LogP contribution in [0.1, 0.15) is 33.6 Å². The van der Waals surface area contributed by atoms with Gasteiger partial charge in [0.05, 0.1) is 27.0 Å². The molecule has 0 radical (unpaired) electrons. The minimum atomic E-state index is -0.743. The number of amides is 2. The van der Waals surface area contributed by atoms with E-state index in [0.717, 1.165) is 12.1 Å². The lowest BCUT2D eigenvalue weighted by atomic mass is 10.1. The fraction of sp³-hybridized carbons (Fsp3) is 0.167. The van der Waals surface area contributed by atoms with Crippen LogP contribution < -0.4 is 5.43 Å². The van der Waals surface area contributed by atoms with Crippen molar-refractivity contribution in [1.29, 1.82) is 0 Å². The number of hydrogen-bond acceptors (Lipinski definition) is 8. The van der Waals surface area contributed by atoms with Crippen LogP contribution in [0, 0.1) is 20.2 Å². The van der Waals surface area contributed by atoms with Gasteiger partial charge >= 0.3 is 5.69 Å². The van der Waals surface area contributed by atoms with Crippen LogP contribution in [-0.4, -0.2) is 39.3 Å². The Morgan fingerprint density at radius 1 is 1.00 bits per heavy atom. The summed E-state index contributed by atoms with van der Waals surface area (Å²) in [4.78, 5) is 46.0. The number of anilines is 1. The van der Waals surface area contributed by atoms with Gasteiger partial charge in [-0.15, -0.1) is 0 Å². The molecule has 2 aromatic rings. The molecule has 0 saturated heterocycles. The first-order valence-electron chi connectivity index (χ1n) is 8.55.